The van der Waals surface area contributed by atoms with Crippen molar-refractivity contribution in [2.75, 3.05) is 7.05 Å². The lowest BCUT2D eigenvalue weighted by Crippen LogP contribution is -2.20. The summed E-state index contributed by atoms with van der Waals surface area (Å²) in [5.41, 5.74) is 0.927. The average Bonchev–Trinajstić information content (AvgIpc) is 2.31. The summed E-state index contributed by atoms with van der Waals surface area (Å²) >= 11 is 0. The molecule has 0 saturated heterocycles. The minimum atomic E-state index is 0.341. The molecule has 0 amide bonds. The van der Waals surface area contributed by atoms with Crippen molar-refractivity contribution >= 4 is 0 Å². The molecule has 1 saturated carbocycles. The third-order valence-corrected chi connectivity index (χ3v) is 2.86. The smallest absolute Gasteiger partial charge is 0.232 e. The van der Waals surface area contributed by atoms with Gasteiger partial charge in [0.2, 0.25) is 5.88 Å². The fraction of sp³-hybridized carbons (Fsp3) is 0.667. The number of nitrogens with one attached hydrogen (secondary N) is 1. The van der Waals surface area contributed by atoms with Crippen molar-refractivity contribution in [3.8, 4) is 5.88 Å². The molecule has 0 aliphatic heterocycles. The van der Waals surface area contributed by atoms with E-state index in [9.17, 15) is 0 Å². The minimum absolute atomic E-state index is 0.341. The lowest BCUT2D eigenvalue weighted by Gasteiger charge is -2.22. The van der Waals surface area contributed by atoms with E-state index in [0.29, 0.717) is 12.0 Å². The Balaban J connectivity index is 1.94. The van der Waals surface area contributed by atoms with Crippen LogP contribution < -0.4 is 10.1 Å². The van der Waals surface area contributed by atoms with Crippen molar-refractivity contribution in [2.45, 2.75) is 44.8 Å². The monoisotopic (exact) mass is 221 g/mol. The van der Waals surface area contributed by atoms with E-state index in [1.165, 1.54) is 19.3 Å². The maximum Gasteiger partial charge on any atom is 0.232 e. The van der Waals surface area contributed by atoms with Crippen LogP contribution in [0.15, 0.2) is 12.4 Å². The zero-order chi connectivity index (χ0) is 11.2. The second kappa shape index (κ2) is 5.80. The van der Waals surface area contributed by atoms with Gasteiger partial charge in [-0.05, 0) is 32.7 Å². The van der Waals surface area contributed by atoms with E-state index in [0.717, 1.165) is 25.1 Å². The van der Waals surface area contributed by atoms with E-state index in [1.54, 1.807) is 12.4 Å². The minimum Gasteiger partial charge on any atom is -0.473 e. The Morgan fingerprint density at radius 2 is 2.12 bits per heavy atom. The molecule has 16 heavy (non-hydrogen) atoms. The van der Waals surface area contributed by atoms with Gasteiger partial charge in [0, 0.05) is 12.7 Å². The number of rotatable bonds is 4. The average molecular weight is 221 g/mol. The molecule has 1 aromatic rings. The molecule has 4 heteroatoms. The first-order valence-corrected chi connectivity index (χ1v) is 6.00. The van der Waals surface area contributed by atoms with Gasteiger partial charge in [0.15, 0.2) is 0 Å². The van der Waals surface area contributed by atoms with Crippen molar-refractivity contribution in [3.63, 3.8) is 0 Å². The van der Waals surface area contributed by atoms with Crippen molar-refractivity contribution in [2.24, 2.45) is 0 Å². The second-order valence-corrected chi connectivity index (χ2v) is 4.26. The van der Waals surface area contributed by atoms with Crippen LogP contribution in [0.5, 0.6) is 5.88 Å². The van der Waals surface area contributed by atoms with E-state index >= 15 is 0 Å². The third kappa shape index (κ3) is 3.17. The highest BCUT2D eigenvalue weighted by Crippen LogP contribution is 2.21. The molecular weight excluding hydrogens is 202 g/mol. The van der Waals surface area contributed by atoms with Gasteiger partial charge >= 0.3 is 0 Å². The van der Waals surface area contributed by atoms with E-state index in [1.807, 2.05) is 7.05 Å². The van der Waals surface area contributed by atoms with E-state index in [4.69, 9.17) is 4.74 Å². The normalized spacial score (nSPS) is 17.3. The summed E-state index contributed by atoms with van der Waals surface area (Å²) in [6, 6.07) is 0. The molecule has 0 unspecified atom stereocenters. The third-order valence-electron chi connectivity index (χ3n) is 2.86. The summed E-state index contributed by atoms with van der Waals surface area (Å²) in [5, 5.41) is 3.06. The molecule has 0 atom stereocenters. The maximum atomic E-state index is 5.84. The van der Waals surface area contributed by atoms with Gasteiger partial charge in [0.1, 0.15) is 6.10 Å². The van der Waals surface area contributed by atoms with Gasteiger partial charge in [-0.2, -0.15) is 0 Å². The fourth-order valence-corrected chi connectivity index (χ4v) is 2.06. The van der Waals surface area contributed by atoms with Crippen LogP contribution in [0.3, 0.4) is 0 Å². The second-order valence-electron chi connectivity index (χ2n) is 4.26. The van der Waals surface area contributed by atoms with Crippen LogP contribution in [0.4, 0.5) is 0 Å². The SMILES string of the molecule is CNCc1cncc(OC2CCCCC2)n1. The number of nitrogens with zero attached hydrogens (tertiary/aromatic N) is 2. The highest BCUT2D eigenvalue weighted by Gasteiger charge is 2.15. The van der Waals surface area contributed by atoms with E-state index < -0.39 is 0 Å². The molecule has 1 aliphatic rings. The van der Waals surface area contributed by atoms with E-state index in [-0.39, 0.29) is 0 Å². The molecule has 0 bridgehead atoms. The predicted molar refractivity (Wildman–Crippen MR) is 62.3 cm³/mol. The molecule has 2 rings (SSSR count). The Labute approximate surface area is 96.4 Å². The van der Waals surface area contributed by atoms with Crippen LogP contribution in [0.2, 0.25) is 0 Å². The maximum absolute atomic E-state index is 5.84. The lowest BCUT2D eigenvalue weighted by molar-refractivity contribution is 0.147. The lowest BCUT2D eigenvalue weighted by atomic mass is 9.98. The molecule has 1 heterocycles. The van der Waals surface area contributed by atoms with Crippen LogP contribution >= 0.6 is 0 Å². The number of ether oxygens (including phenoxy) is 1. The van der Waals surface area contributed by atoms with Crippen LogP contribution in [0.1, 0.15) is 37.8 Å². The molecule has 1 N–H and O–H groups in total. The molecule has 0 aromatic carbocycles. The molecule has 1 fully saturated rings. The number of hydrogen-bond acceptors (Lipinski definition) is 4. The summed E-state index contributed by atoms with van der Waals surface area (Å²) in [5.74, 6) is 0.666. The fourth-order valence-electron chi connectivity index (χ4n) is 2.06. The van der Waals surface area contributed by atoms with Gasteiger partial charge in [0.25, 0.3) is 0 Å². The predicted octanol–water partition coefficient (Wildman–Crippen LogP) is 1.91. The molecular formula is C12H19N3O. The van der Waals surface area contributed by atoms with Crippen LogP contribution in [-0.4, -0.2) is 23.1 Å². The molecule has 88 valence electrons. The standard InChI is InChI=1S/C12H19N3O/c1-13-7-10-8-14-9-12(15-10)16-11-5-3-2-4-6-11/h8-9,11,13H,2-7H2,1H3. The molecule has 4 nitrogen and oxygen atoms in total. The molecule has 0 radical (unpaired) electrons. The van der Waals surface area contributed by atoms with Gasteiger partial charge in [0.05, 0.1) is 11.9 Å². The van der Waals surface area contributed by atoms with Crippen molar-refractivity contribution < 1.29 is 4.74 Å². The first kappa shape index (κ1) is 11.3. The zero-order valence-corrected chi connectivity index (χ0v) is 9.78. The topological polar surface area (TPSA) is 47.0 Å². The summed E-state index contributed by atoms with van der Waals surface area (Å²) in [6.45, 7) is 0.731. The number of hydrogen-bond donors (Lipinski definition) is 1. The largest absolute Gasteiger partial charge is 0.473 e. The first-order valence-electron chi connectivity index (χ1n) is 6.00. The highest BCUT2D eigenvalue weighted by atomic mass is 16.5. The van der Waals surface area contributed by atoms with Crippen LogP contribution in [-0.2, 0) is 6.54 Å². The molecule has 1 aliphatic carbocycles. The summed E-state index contributed by atoms with van der Waals surface area (Å²) in [6.07, 6.45) is 10.00. The molecule has 1 aromatic heterocycles. The number of aromatic nitrogens is 2. The zero-order valence-electron chi connectivity index (χ0n) is 9.78. The molecule has 0 spiro atoms. The quantitative estimate of drug-likeness (QED) is 0.843. The van der Waals surface area contributed by atoms with Gasteiger partial charge in [-0.1, -0.05) is 6.42 Å². The van der Waals surface area contributed by atoms with Crippen molar-refractivity contribution in [1.29, 1.82) is 0 Å². The Bertz CT molecular complexity index is 324. The first-order chi connectivity index (χ1) is 7.88. The van der Waals surface area contributed by atoms with E-state index in [2.05, 4.69) is 15.3 Å². The van der Waals surface area contributed by atoms with Gasteiger partial charge in [-0.25, -0.2) is 4.98 Å². The van der Waals surface area contributed by atoms with Crippen LogP contribution in [0, 0.1) is 0 Å². The highest BCUT2D eigenvalue weighted by molar-refractivity contribution is 5.08. The summed E-state index contributed by atoms with van der Waals surface area (Å²) in [4.78, 5) is 8.55. The summed E-state index contributed by atoms with van der Waals surface area (Å²) in [7, 11) is 1.90. The Kier molecular flexibility index (Phi) is 4.10. The van der Waals surface area contributed by atoms with Crippen molar-refractivity contribution in [1.82, 2.24) is 15.3 Å². The Morgan fingerprint density at radius 3 is 2.88 bits per heavy atom. The Morgan fingerprint density at radius 1 is 1.31 bits per heavy atom. The van der Waals surface area contributed by atoms with Crippen molar-refractivity contribution in [3.05, 3.63) is 18.1 Å². The summed E-state index contributed by atoms with van der Waals surface area (Å²) < 4.78 is 5.84. The van der Waals surface area contributed by atoms with Crippen LogP contribution in [0.25, 0.3) is 0 Å². The Hall–Kier alpha value is -1.16. The van der Waals surface area contributed by atoms with Gasteiger partial charge in [-0.3, -0.25) is 4.98 Å². The van der Waals surface area contributed by atoms with Gasteiger partial charge < -0.3 is 10.1 Å². The van der Waals surface area contributed by atoms with Gasteiger partial charge in [-0.15, -0.1) is 0 Å².